The predicted molar refractivity (Wildman–Crippen MR) is 165 cm³/mol. The molecule has 2 spiro atoms. The molecule has 3 aliphatic rings. The lowest BCUT2D eigenvalue weighted by Gasteiger charge is -2.46. The fourth-order valence-corrected chi connectivity index (χ4v) is 5.42. The van der Waals surface area contributed by atoms with Gasteiger partial charge in [0.15, 0.2) is 0 Å². The number of hydrogen-bond donors (Lipinski definition) is 0. The minimum Gasteiger partial charge on any atom is -0.419 e. The van der Waals surface area contributed by atoms with Gasteiger partial charge in [-0.2, -0.15) is 5.26 Å². The molecule has 0 N–H and O–H groups in total. The molecule has 1 saturated carbocycles. The highest BCUT2D eigenvalue weighted by Gasteiger charge is 2.56. The van der Waals surface area contributed by atoms with E-state index in [0.29, 0.717) is 37.2 Å². The van der Waals surface area contributed by atoms with E-state index in [0.717, 1.165) is 11.4 Å². The van der Waals surface area contributed by atoms with Gasteiger partial charge in [0, 0.05) is 57.7 Å². The summed E-state index contributed by atoms with van der Waals surface area (Å²) < 4.78 is 22.5. The molecular formula is C34H32N4O8. The maximum absolute atomic E-state index is 12.9. The molecule has 0 aromatic heterocycles. The zero-order chi connectivity index (χ0) is 32.9. The van der Waals surface area contributed by atoms with Crippen LogP contribution in [0.3, 0.4) is 0 Å². The molecule has 236 valence electrons. The van der Waals surface area contributed by atoms with Crippen molar-refractivity contribution >= 4 is 47.4 Å². The number of esters is 4. The highest BCUT2D eigenvalue weighted by atomic mass is 16.8. The Kier molecular flexibility index (Phi) is 9.10. The third kappa shape index (κ3) is 6.87. The SMILES string of the molecule is [C-]#[N+]CCN(C)c1ccc(C=C2C(=O)OC3(CCC4(CC3)OC(=O)C(=Cc3ccc(N(C)CCC#N)cc3)C(=O)O4)OC2=O)cc1. The number of likely N-dealkylation sites (N-methyl/N-ethyl adjacent to an activating group) is 1. The Bertz CT molecular complexity index is 1500. The fraction of sp³-hybridized carbons (Fsp3) is 0.353. The van der Waals surface area contributed by atoms with Gasteiger partial charge in [-0.15, -0.1) is 0 Å². The number of carbonyl (C=O) groups is 4. The van der Waals surface area contributed by atoms with Gasteiger partial charge in [-0.25, -0.2) is 25.8 Å². The number of rotatable bonds is 8. The highest BCUT2D eigenvalue weighted by Crippen LogP contribution is 2.45. The third-order valence-corrected chi connectivity index (χ3v) is 8.16. The van der Waals surface area contributed by atoms with Crippen molar-refractivity contribution in [1.29, 1.82) is 5.26 Å². The van der Waals surface area contributed by atoms with Crippen LogP contribution in [0.5, 0.6) is 0 Å². The molecule has 2 aliphatic heterocycles. The van der Waals surface area contributed by atoms with Crippen molar-refractivity contribution in [3.05, 3.63) is 82.2 Å². The summed E-state index contributed by atoms with van der Waals surface area (Å²) in [5.74, 6) is -6.49. The highest BCUT2D eigenvalue weighted by molar-refractivity contribution is 6.19. The maximum atomic E-state index is 12.9. The Morgan fingerprint density at radius 1 is 0.717 bits per heavy atom. The van der Waals surface area contributed by atoms with Crippen LogP contribution < -0.4 is 9.80 Å². The van der Waals surface area contributed by atoms with E-state index in [9.17, 15) is 19.2 Å². The van der Waals surface area contributed by atoms with Crippen molar-refractivity contribution in [1.82, 2.24) is 0 Å². The molecule has 2 heterocycles. The van der Waals surface area contributed by atoms with E-state index in [4.69, 9.17) is 30.8 Å². The van der Waals surface area contributed by atoms with Gasteiger partial charge in [0.05, 0.1) is 19.0 Å². The first-order chi connectivity index (χ1) is 22.1. The van der Waals surface area contributed by atoms with Crippen molar-refractivity contribution in [3.8, 4) is 6.07 Å². The van der Waals surface area contributed by atoms with Crippen LogP contribution in [0.2, 0.25) is 0 Å². The number of carbonyl (C=O) groups excluding carboxylic acids is 4. The van der Waals surface area contributed by atoms with Crippen molar-refractivity contribution in [2.75, 3.05) is 43.5 Å². The van der Waals surface area contributed by atoms with E-state index < -0.39 is 35.5 Å². The van der Waals surface area contributed by atoms with Gasteiger partial charge in [0.1, 0.15) is 11.1 Å². The molecule has 0 atom stereocenters. The summed E-state index contributed by atoms with van der Waals surface area (Å²) >= 11 is 0. The third-order valence-electron chi connectivity index (χ3n) is 8.16. The lowest BCUT2D eigenvalue weighted by atomic mass is 9.87. The molecular weight excluding hydrogens is 592 g/mol. The molecule has 0 unspecified atom stereocenters. The Hall–Kier alpha value is -5.62. The van der Waals surface area contributed by atoms with Crippen molar-refractivity contribution < 1.29 is 38.1 Å². The summed E-state index contributed by atoms with van der Waals surface area (Å²) in [5, 5.41) is 8.79. The monoisotopic (exact) mass is 624 g/mol. The number of nitriles is 1. The largest absolute Gasteiger partial charge is 0.419 e. The first-order valence-electron chi connectivity index (χ1n) is 14.8. The Labute approximate surface area is 266 Å². The van der Waals surface area contributed by atoms with Crippen LogP contribution in [-0.2, 0) is 38.1 Å². The normalized spacial score (nSPS) is 22.2. The van der Waals surface area contributed by atoms with Crippen LogP contribution in [0, 0.1) is 17.9 Å². The number of anilines is 2. The first kappa shape index (κ1) is 31.8. The number of benzene rings is 2. The zero-order valence-electron chi connectivity index (χ0n) is 25.5. The quantitative estimate of drug-likeness (QED) is 0.182. The number of hydrogen-bond acceptors (Lipinski definition) is 11. The van der Waals surface area contributed by atoms with E-state index in [1.54, 1.807) is 24.3 Å². The second kappa shape index (κ2) is 13.2. The average molecular weight is 625 g/mol. The molecule has 2 aromatic carbocycles. The fourth-order valence-electron chi connectivity index (χ4n) is 5.42. The number of nitrogens with zero attached hydrogens (tertiary/aromatic N) is 4. The van der Waals surface area contributed by atoms with Crippen LogP contribution in [0.4, 0.5) is 11.4 Å². The molecule has 2 saturated heterocycles. The Morgan fingerprint density at radius 2 is 1.09 bits per heavy atom. The van der Waals surface area contributed by atoms with Gasteiger partial charge in [-0.3, -0.25) is 0 Å². The average Bonchev–Trinajstić information content (AvgIpc) is 3.04. The second-order valence-corrected chi connectivity index (χ2v) is 11.3. The van der Waals surface area contributed by atoms with E-state index in [1.807, 2.05) is 48.2 Å². The standard InChI is InChI=1S/C34H32N4O8/c1-36-18-20-38(3)26-11-7-24(8-12-26)22-28-31(41)45-34(46-32(28)42)15-13-33(14-16-34)43-29(39)27(30(40)44-33)21-23-5-9-25(10-6-23)37(2)19-4-17-35/h5-12,21-22H,4,13-16,18-20H2,2-3H3. The van der Waals surface area contributed by atoms with Gasteiger partial charge < -0.3 is 33.6 Å². The van der Waals surface area contributed by atoms with E-state index in [1.165, 1.54) is 12.2 Å². The molecule has 12 heteroatoms. The predicted octanol–water partition coefficient (Wildman–Crippen LogP) is 4.03. The first-order valence-corrected chi connectivity index (χ1v) is 14.8. The van der Waals surface area contributed by atoms with E-state index in [-0.39, 0.29) is 36.8 Å². The Morgan fingerprint density at radius 3 is 1.43 bits per heavy atom. The summed E-state index contributed by atoms with van der Waals surface area (Å²) in [6.45, 7) is 8.44. The van der Waals surface area contributed by atoms with Crippen molar-refractivity contribution in [2.45, 2.75) is 43.7 Å². The summed E-state index contributed by atoms with van der Waals surface area (Å²) in [5.41, 5.74) is 2.42. The van der Waals surface area contributed by atoms with Gasteiger partial charge in [-0.1, -0.05) is 24.3 Å². The molecule has 1 aliphatic carbocycles. The summed E-state index contributed by atoms with van der Waals surface area (Å²) in [7, 11) is 3.73. The van der Waals surface area contributed by atoms with E-state index in [2.05, 4.69) is 10.9 Å². The van der Waals surface area contributed by atoms with Crippen LogP contribution in [0.1, 0.15) is 43.2 Å². The second-order valence-electron chi connectivity index (χ2n) is 11.3. The molecule has 12 nitrogen and oxygen atoms in total. The lowest BCUT2D eigenvalue weighted by Crippen LogP contribution is -2.56. The zero-order valence-corrected chi connectivity index (χ0v) is 25.5. The molecule has 5 rings (SSSR count). The van der Waals surface area contributed by atoms with Crippen molar-refractivity contribution in [2.24, 2.45) is 0 Å². The summed E-state index contributed by atoms with van der Waals surface area (Å²) in [6.07, 6.45) is 3.01. The van der Waals surface area contributed by atoms with Crippen LogP contribution in [0.25, 0.3) is 17.0 Å². The maximum Gasteiger partial charge on any atom is 0.348 e. The molecule has 2 aromatic rings. The van der Waals surface area contributed by atoms with E-state index >= 15 is 0 Å². The molecule has 46 heavy (non-hydrogen) atoms. The van der Waals surface area contributed by atoms with Crippen LogP contribution in [-0.4, -0.2) is 69.2 Å². The molecule has 0 bridgehead atoms. The smallest absolute Gasteiger partial charge is 0.348 e. The van der Waals surface area contributed by atoms with Gasteiger partial charge in [-0.05, 0) is 47.5 Å². The minimum atomic E-state index is -1.57. The lowest BCUT2D eigenvalue weighted by molar-refractivity contribution is -0.291. The number of ether oxygens (including phenoxy) is 4. The topological polar surface area (TPSA) is 140 Å². The van der Waals surface area contributed by atoms with Crippen molar-refractivity contribution in [3.63, 3.8) is 0 Å². The molecule has 0 amide bonds. The summed E-state index contributed by atoms with van der Waals surface area (Å²) in [6, 6.07) is 16.3. The summed E-state index contributed by atoms with van der Waals surface area (Å²) in [4.78, 5) is 59.0. The van der Waals surface area contributed by atoms with Gasteiger partial charge >= 0.3 is 23.9 Å². The van der Waals surface area contributed by atoms with Crippen LogP contribution in [0.15, 0.2) is 59.7 Å². The van der Waals surface area contributed by atoms with Gasteiger partial charge in [0.2, 0.25) is 6.54 Å². The van der Waals surface area contributed by atoms with Gasteiger partial charge in [0.25, 0.3) is 11.6 Å². The minimum absolute atomic E-state index is 0.0379. The Balaban J connectivity index is 1.20. The molecule has 0 radical (unpaired) electrons. The van der Waals surface area contributed by atoms with Crippen LogP contribution >= 0.6 is 0 Å². The molecule has 3 fully saturated rings.